The summed E-state index contributed by atoms with van der Waals surface area (Å²) in [5, 5.41) is 0. The molecule has 0 unspecified atom stereocenters. The Labute approximate surface area is 113 Å². The standard InChI is InChI=1S/C14H22FN3O/c1-17-5-7-18(8-6-17)9-10-19-14-4-2-3-13(15)12(14)11-16/h2-4H,5-11,16H2,1H3. The maximum absolute atomic E-state index is 13.5. The predicted molar refractivity (Wildman–Crippen MR) is 73.7 cm³/mol. The lowest BCUT2D eigenvalue weighted by atomic mass is 10.2. The van der Waals surface area contributed by atoms with Crippen LogP contribution in [0.15, 0.2) is 18.2 Å². The molecular weight excluding hydrogens is 245 g/mol. The number of benzene rings is 1. The molecule has 0 amide bonds. The molecule has 2 N–H and O–H groups in total. The van der Waals surface area contributed by atoms with Crippen LogP contribution >= 0.6 is 0 Å². The summed E-state index contributed by atoms with van der Waals surface area (Å²) in [5.74, 6) is 0.274. The third kappa shape index (κ3) is 3.89. The number of rotatable bonds is 5. The second kappa shape index (κ2) is 6.84. The van der Waals surface area contributed by atoms with Gasteiger partial charge in [-0.2, -0.15) is 0 Å². The highest BCUT2D eigenvalue weighted by Gasteiger charge is 2.14. The average molecular weight is 267 g/mol. The van der Waals surface area contributed by atoms with Gasteiger partial charge >= 0.3 is 0 Å². The molecular formula is C14H22FN3O. The summed E-state index contributed by atoms with van der Waals surface area (Å²) >= 11 is 0. The van der Waals surface area contributed by atoms with E-state index in [1.54, 1.807) is 12.1 Å². The lowest BCUT2D eigenvalue weighted by Gasteiger charge is -2.32. The van der Waals surface area contributed by atoms with E-state index in [4.69, 9.17) is 10.5 Å². The fourth-order valence-corrected chi connectivity index (χ4v) is 2.23. The fourth-order valence-electron chi connectivity index (χ4n) is 2.23. The van der Waals surface area contributed by atoms with E-state index in [1.165, 1.54) is 6.07 Å². The molecule has 0 aliphatic carbocycles. The summed E-state index contributed by atoms with van der Waals surface area (Å²) in [6.07, 6.45) is 0. The quantitative estimate of drug-likeness (QED) is 0.861. The van der Waals surface area contributed by atoms with Gasteiger partial charge in [0.15, 0.2) is 0 Å². The van der Waals surface area contributed by atoms with Crippen molar-refractivity contribution >= 4 is 0 Å². The monoisotopic (exact) mass is 267 g/mol. The van der Waals surface area contributed by atoms with Crippen molar-refractivity contribution in [3.05, 3.63) is 29.6 Å². The van der Waals surface area contributed by atoms with E-state index in [9.17, 15) is 4.39 Å². The first-order chi connectivity index (χ1) is 9.20. The van der Waals surface area contributed by atoms with Crippen LogP contribution in [0.4, 0.5) is 4.39 Å². The number of hydrogen-bond acceptors (Lipinski definition) is 4. The molecule has 1 heterocycles. The summed E-state index contributed by atoms with van der Waals surface area (Å²) in [5.41, 5.74) is 6.00. The van der Waals surface area contributed by atoms with Gasteiger partial charge in [0.25, 0.3) is 0 Å². The van der Waals surface area contributed by atoms with Crippen molar-refractivity contribution in [2.75, 3.05) is 46.4 Å². The molecule has 0 bridgehead atoms. The molecule has 106 valence electrons. The van der Waals surface area contributed by atoms with E-state index >= 15 is 0 Å². The molecule has 2 rings (SSSR count). The van der Waals surface area contributed by atoms with Crippen LogP contribution in [0.3, 0.4) is 0 Å². The third-order valence-corrected chi connectivity index (χ3v) is 3.54. The zero-order valence-electron chi connectivity index (χ0n) is 11.4. The summed E-state index contributed by atoms with van der Waals surface area (Å²) in [6.45, 7) is 5.91. The van der Waals surface area contributed by atoms with Gasteiger partial charge in [-0.3, -0.25) is 4.90 Å². The first-order valence-electron chi connectivity index (χ1n) is 6.72. The maximum atomic E-state index is 13.5. The van der Waals surface area contributed by atoms with Crippen LogP contribution in [0.25, 0.3) is 0 Å². The van der Waals surface area contributed by atoms with E-state index in [1.807, 2.05) is 0 Å². The molecule has 5 heteroatoms. The van der Waals surface area contributed by atoms with Crippen LogP contribution < -0.4 is 10.5 Å². The van der Waals surface area contributed by atoms with E-state index in [0.717, 1.165) is 32.7 Å². The SMILES string of the molecule is CN1CCN(CCOc2cccc(F)c2CN)CC1. The highest BCUT2D eigenvalue weighted by molar-refractivity contribution is 5.34. The van der Waals surface area contributed by atoms with Crippen LogP contribution in [0.5, 0.6) is 5.75 Å². The molecule has 1 aromatic rings. The summed E-state index contributed by atoms with van der Waals surface area (Å²) in [4.78, 5) is 4.68. The van der Waals surface area contributed by atoms with Crippen LogP contribution in [-0.4, -0.2) is 56.2 Å². The van der Waals surface area contributed by atoms with Crippen LogP contribution in [0.1, 0.15) is 5.56 Å². The van der Waals surface area contributed by atoms with Crippen molar-refractivity contribution in [1.82, 2.24) is 9.80 Å². The zero-order valence-corrected chi connectivity index (χ0v) is 11.4. The molecule has 0 spiro atoms. The molecule has 19 heavy (non-hydrogen) atoms. The first-order valence-corrected chi connectivity index (χ1v) is 6.72. The summed E-state index contributed by atoms with van der Waals surface area (Å²) in [6, 6.07) is 4.84. The van der Waals surface area contributed by atoms with Gasteiger partial charge in [-0.05, 0) is 19.2 Å². The molecule has 0 atom stereocenters. The Morgan fingerprint density at radius 1 is 1.26 bits per heavy atom. The largest absolute Gasteiger partial charge is 0.492 e. The van der Waals surface area contributed by atoms with Crippen molar-refractivity contribution in [3.63, 3.8) is 0 Å². The number of nitrogens with two attached hydrogens (primary N) is 1. The average Bonchev–Trinajstić information content (AvgIpc) is 2.41. The van der Waals surface area contributed by atoms with Gasteiger partial charge in [-0.1, -0.05) is 6.07 Å². The minimum absolute atomic E-state index is 0.163. The Kier molecular flexibility index (Phi) is 5.13. The number of hydrogen-bond donors (Lipinski definition) is 1. The Hall–Kier alpha value is -1.17. The Balaban J connectivity index is 1.81. The summed E-state index contributed by atoms with van der Waals surface area (Å²) in [7, 11) is 2.13. The first kappa shape index (κ1) is 14.2. The second-order valence-corrected chi connectivity index (χ2v) is 4.91. The molecule has 4 nitrogen and oxygen atoms in total. The van der Waals surface area contributed by atoms with Gasteiger partial charge in [-0.25, -0.2) is 4.39 Å². The molecule has 1 aliphatic rings. The molecule has 0 radical (unpaired) electrons. The highest BCUT2D eigenvalue weighted by atomic mass is 19.1. The highest BCUT2D eigenvalue weighted by Crippen LogP contribution is 2.20. The van der Waals surface area contributed by atoms with Gasteiger partial charge < -0.3 is 15.4 Å². The van der Waals surface area contributed by atoms with Crippen molar-refractivity contribution in [2.45, 2.75) is 6.54 Å². The summed E-state index contributed by atoms with van der Waals surface area (Å²) < 4.78 is 19.2. The van der Waals surface area contributed by atoms with E-state index in [0.29, 0.717) is 17.9 Å². The van der Waals surface area contributed by atoms with Crippen molar-refractivity contribution in [2.24, 2.45) is 5.73 Å². The normalized spacial score (nSPS) is 17.6. The second-order valence-electron chi connectivity index (χ2n) is 4.91. The van der Waals surface area contributed by atoms with Gasteiger partial charge in [0.05, 0.1) is 0 Å². The predicted octanol–water partition coefficient (Wildman–Crippen LogP) is 0.911. The zero-order chi connectivity index (χ0) is 13.7. The van der Waals surface area contributed by atoms with Gasteiger partial charge in [0, 0.05) is 44.8 Å². The molecule has 1 aromatic carbocycles. The molecule has 0 saturated carbocycles. The number of ether oxygens (including phenoxy) is 1. The topological polar surface area (TPSA) is 41.7 Å². The minimum Gasteiger partial charge on any atom is -0.492 e. The Bertz CT molecular complexity index is 406. The van der Waals surface area contributed by atoms with Crippen molar-refractivity contribution in [3.8, 4) is 5.75 Å². The molecule has 0 aromatic heterocycles. The third-order valence-electron chi connectivity index (χ3n) is 3.54. The Morgan fingerprint density at radius 2 is 2.00 bits per heavy atom. The minimum atomic E-state index is -0.292. The van der Waals surface area contributed by atoms with Crippen LogP contribution in [0.2, 0.25) is 0 Å². The van der Waals surface area contributed by atoms with Gasteiger partial charge in [0.1, 0.15) is 18.2 Å². The smallest absolute Gasteiger partial charge is 0.131 e. The molecule has 1 aliphatic heterocycles. The van der Waals surface area contributed by atoms with Crippen molar-refractivity contribution < 1.29 is 9.13 Å². The Morgan fingerprint density at radius 3 is 2.68 bits per heavy atom. The fraction of sp³-hybridized carbons (Fsp3) is 0.571. The lowest BCUT2D eigenvalue weighted by molar-refractivity contribution is 0.133. The van der Waals surface area contributed by atoms with Crippen LogP contribution in [0, 0.1) is 5.82 Å². The van der Waals surface area contributed by atoms with Gasteiger partial charge in [0.2, 0.25) is 0 Å². The molecule has 1 fully saturated rings. The number of nitrogens with zero attached hydrogens (tertiary/aromatic N) is 2. The van der Waals surface area contributed by atoms with E-state index in [-0.39, 0.29) is 12.4 Å². The van der Waals surface area contributed by atoms with Gasteiger partial charge in [-0.15, -0.1) is 0 Å². The van der Waals surface area contributed by atoms with Crippen LogP contribution in [-0.2, 0) is 6.54 Å². The number of halogens is 1. The van der Waals surface area contributed by atoms with E-state index in [2.05, 4.69) is 16.8 Å². The lowest BCUT2D eigenvalue weighted by Crippen LogP contribution is -2.45. The van der Waals surface area contributed by atoms with Crippen molar-refractivity contribution in [1.29, 1.82) is 0 Å². The van der Waals surface area contributed by atoms with E-state index < -0.39 is 0 Å². The maximum Gasteiger partial charge on any atom is 0.131 e. The number of likely N-dealkylation sites (N-methyl/N-ethyl adjacent to an activating group) is 1. The number of piperazine rings is 1. The molecule has 1 saturated heterocycles.